The van der Waals surface area contributed by atoms with E-state index in [-0.39, 0.29) is 44.8 Å². The van der Waals surface area contributed by atoms with E-state index < -0.39 is 11.0 Å². The molecule has 8 aromatic carbocycles. The second kappa shape index (κ2) is 24.5. The quantitative estimate of drug-likeness (QED) is 0.0559. The molecule has 2 aromatic heterocycles. The van der Waals surface area contributed by atoms with E-state index in [1.54, 1.807) is 36.4 Å². The van der Waals surface area contributed by atoms with Crippen LogP contribution in [0, 0.1) is 0 Å². The molecule has 0 radical (unpaired) electrons. The predicted octanol–water partition coefficient (Wildman–Crippen LogP) is 7.18. The number of benzene rings is 8. The van der Waals surface area contributed by atoms with Crippen LogP contribution < -0.4 is 53.1 Å². The van der Waals surface area contributed by atoms with Gasteiger partial charge in [-0.05, 0) is 10.4 Å². The zero-order valence-electron chi connectivity index (χ0n) is 38.0. The first kappa shape index (κ1) is 52.8. The molecule has 2 heterocycles. The molecule has 0 fully saturated rings. The molecule has 73 heavy (non-hydrogen) atoms. The molecule has 4 amide bonds. The van der Waals surface area contributed by atoms with E-state index in [9.17, 15) is 9.59 Å². The molecule has 0 bridgehead atoms. The van der Waals surface area contributed by atoms with Crippen molar-refractivity contribution < 1.29 is 32.0 Å². The van der Waals surface area contributed by atoms with Crippen molar-refractivity contribution >= 4 is 133 Å². The summed E-state index contributed by atoms with van der Waals surface area (Å²) in [4.78, 5) is 25.7. The fourth-order valence-corrected chi connectivity index (χ4v) is 17.9. The smallest absolute Gasteiger partial charge is 3.00 e. The van der Waals surface area contributed by atoms with Crippen LogP contribution in [0.3, 0.4) is 0 Å². The zero-order chi connectivity index (χ0) is 49.9. The minimum atomic E-state index is -2.03. The van der Waals surface area contributed by atoms with Gasteiger partial charge in [0.05, 0.1) is 0 Å². The molecule has 0 saturated heterocycles. The maximum absolute atomic E-state index is 12.9. The Morgan fingerprint density at radius 2 is 0.658 bits per heavy atom. The molecule has 10 rings (SSSR count). The maximum atomic E-state index is 12.9. The van der Waals surface area contributed by atoms with Crippen LogP contribution in [0.1, 0.15) is 0 Å². The summed E-state index contributed by atoms with van der Waals surface area (Å²) in [7, 11) is 0. The molecule has 0 unspecified atom stereocenters. The molecule has 0 aliphatic heterocycles. The number of hydrogen-bond donors (Lipinski definition) is 4. The number of carbonyl (C=O) groups excluding carboxylic acids is 2. The van der Waals surface area contributed by atoms with Crippen LogP contribution in [0.25, 0.3) is 11.4 Å². The molecule has 14 nitrogen and oxygen atoms in total. The molecule has 0 aliphatic rings. The molecule has 0 aliphatic carbocycles. The van der Waals surface area contributed by atoms with Crippen LogP contribution in [0.2, 0.25) is 0 Å². The fourth-order valence-electron chi connectivity index (χ4n) is 7.70. The van der Waals surface area contributed by atoms with Gasteiger partial charge < -0.3 is 25.3 Å². The van der Waals surface area contributed by atoms with E-state index in [2.05, 4.69) is 192 Å². The molecule has 10 aromatic rings. The summed E-state index contributed by atoms with van der Waals surface area (Å²) in [6, 6.07) is 71.3. The normalized spacial score (nSPS) is 11.0. The number of carbonyl (C=O) groups is 2. The Kier molecular flexibility index (Phi) is 17.7. The molecule has 364 valence electrons. The third kappa shape index (κ3) is 12.5. The van der Waals surface area contributed by atoms with Gasteiger partial charge in [-0.2, -0.15) is 0 Å². The van der Waals surface area contributed by atoms with Gasteiger partial charge in [0.15, 0.2) is 0 Å². The molecule has 0 atom stereocenters. The first-order valence-corrected chi connectivity index (χ1v) is 30.8. The van der Waals surface area contributed by atoms with Gasteiger partial charge in [0.25, 0.3) is 0 Å². The van der Waals surface area contributed by atoms with Gasteiger partial charge in [-0.15, -0.1) is 10.2 Å². The van der Waals surface area contributed by atoms with Gasteiger partial charge in [-0.25, -0.2) is 0 Å². The van der Waals surface area contributed by atoms with Crippen LogP contribution in [0.15, 0.2) is 229 Å². The van der Waals surface area contributed by atoms with Crippen molar-refractivity contribution in [1.82, 2.24) is 40.4 Å². The van der Waals surface area contributed by atoms with E-state index >= 15 is 0 Å². The topological polar surface area (TPSA) is 169 Å². The Morgan fingerprint density at radius 3 is 0.945 bits per heavy atom. The molecule has 21 heteroatoms. The number of nitrogens with one attached hydrogen (secondary N) is 4. The summed E-state index contributed by atoms with van der Waals surface area (Å²) < 4.78 is 2.85. The number of anilines is 4. The number of urea groups is 2. The van der Waals surface area contributed by atoms with Crippen molar-refractivity contribution in [1.29, 1.82) is 0 Å². The third-order valence-corrected chi connectivity index (χ3v) is 25.6. The average Bonchev–Trinajstić information content (AvgIpc) is 4.07. The molecule has 0 spiro atoms. The van der Waals surface area contributed by atoms with Crippen molar-refractivity contribution in [3.05, 3.63) is 218 Å². The van der Waals surface area contributed by atoms with Crippen LogP contribution in [-0.2, 0) is 47.6 Å². The first-order chi connectivity index (χ1) is 35.1. The zero-order valence-corrected chi connectivity index (χ0v) is 47.0. The van der Waals surface area contributed by atoms with Gasteiger partial charge in [0.1, 0.15) is 0 Å². The summed E-state index contributed by atoms with van der Waals surface area (Å²) in [6.45, 7) is 0. The summed E-state index contributed by atoms with van der Waals surface area (Å²) >= 11 is 17.3. The largest absolute Gasteiger partial charge is 3.00 e. The van der Waals surface area contributed by atoms with Crippen molar-refractivity contribution in [3.8, 4) is 11.4 Å². The molecule has 4 N–H and O–H groups in total. The minimum absolute atomic E-state index is 0. The molecular weight excluding hydrogens is 1310 g/mol. The SMILES string of the molecule is O=C(Nc1cccc(-n2nnnc2[S-])c1)Nc1cccc(P(=[Se])(c2ccccc2)c2ccccc2)c1.O=C(Nc1cccc(-n2nnnc2[S-])c1)Nc1cccc(P(=[Se])(c2ccccc2)c2ccccc2)c1.[Au+3]. The van der Waals surface area contributed by atoms with Crippen molar-refractivity contribution in [3.63, 3.8) is 0 Å². The van der Waals surface area contributed by atoms with Crippen LogP contribution in [0.4, 0.5) is 32.3 Å². The summed E-state index contributed by atoms with van der Waals surface area (Å²) in [6.07, 6.45) is 0. The summed E-state index contributed by atoms with van der Waals surface area (Å²) in [5.41, 5.74) is -0.176. The van der Waals surface area contributed by atoms with E-state index in [0.29, 0.717) is 34.1 Å². The monoisotopic (exact) mass is 1350 g/mol. The molecule has 0 saturated carbocycles. The van der Waals surface area contributed by atoms with E-state index in [1.807, 2.05) is 72.8 Å². The Labute approximate surface area is 463 Å². The van der Waals surface area contributed by atoms with E-state index in [4.69, 9.17) is 25.3 Å². The third-order valence-electron chi connectivity index (χ3n) is 11.0. The van der Waals surface area contributed by atoms with E-state index in [0.717, 1.165) is 10.6 Å². The number of aromatic nitrogens is 8. The van der Waals surface area contributed by atoms with Gasteiger partial charge >= 0.3 is 421 Å². The van der Waals surface area contributed by atoms with Crippen LogP contribution in [-0.4, -0.2) is 82.7 Å². The van der Waals surface area contributed by atoms with Crippen molar-refractivity contribution in [2.75, 3.05) is 21.3 Å². The second-order valence-electron chi connectivity index (χ2n) is 15.7. The van der Waals surface area contributed by atoms with Crippen molar-refractivity contribution in [2.45, 2.75) is 10.3 Å². The number of rotatable bonds is 12. The second-order valence-corrected chi connectivity index (χ2v) is 28.8. The average molecular weight is 1350 g/mol. The van der Waals surface area contributed by atoms with Crippen molar-refractivity contribution in [2.24, 2.45) is 0 Å². The Hall–Kier alpha value is -6.48. The number of hydrogen-bond acceptors (Lipinski definition) is 10. The van der Waals surface area contributed by atoms with Gasteiger partial charge in [-0.1, -0.05) is 0 Å². The van der Waals surface area contributed by atoms with Crippen LogP contribution in [0.5, 0.6) is 0 Å². The minimum Gasteiger partial charge on any atom is 3.00 e. The Balaban J connectivity index is 0.000000192. The van der Waals surface area contributed by atoms with Gasteiger partial charge in [0, 0.05) is 0 Å². The number of amides is 4. The maximum Gasteiger partial charge on any atom is 3.00 e. The summed E-state index contributed by atoms with van der Waals surface area (Å²) in [5.74, 6) is 0. The van der Waals surface area contributed by atoms with Gasteiger partial charge in [-0.3, -0.25) is 0 Å². The Morgan fingerprint density at radius 1 is 0.384 bits per heavy atom. The van der Waals surface area contributed by atoms with Crippen LogP contribution >= 0.6 is 11.0 Å². The Bertz CT molecular complexity index is 3280. The fraction of sp³-hybridized carbons (Fsp3) is 0. The summed E-state index contributed by atoms with van der Waals surface area (Å²) in [5, 5.41) is 41.6. The molecular formula is C52H40AuN12O2P2S2Se2+. The first-order valence-electron chi connectivity index (χ1n) is 22.0. The number of tetrazole rings is 2. The number of nitrogens with zero attached hydrogens (tertiary/aromatic N) is 8. The standard InChI is InChI=1S/2C26H21N6OPSSe.Au/c2*33-25(27-19-9-7-11-21(17-19)32-26(35)29-30-31-32)28-20-10-8-16-24(18-20)34(36,22-12-3-1-4-13-22)23-14-5-2-6-15-23;/h2*1-18H,(H2,27,28,33)(H,29,31,35);/q;;+3/p-2. The van der Waals surface area contributed by atoms with E-state index in [1.165, 1.54) is 30.6 Å². The predicted molar refractivity (Wildman–Crippen MR) is 297 cm³/mol. The van der Waals surface area contributed by atoms with Gasteiger partial charge in [0.2, 0.25) is 0 Å².